The van der Waals surface area contributed by atoms with Crippen LogP contribution in [0, 0.1) is 40.4 Å². The Kier molecular flexibility index (Phi) is 3.87. The molecule has 0 spiro atoms. The fraction of sp³-hybridized carbons (Fsp3) is 1.00. The van der Waals surface area contributed by atoms with E-state index in [0.29, 0.717) is 22.7 Å². The Hall–Kier alpha value is -0.110. The second-order valence-electron chi connectivity index (χ2n) is 10.00. The molecule has 2 heteroatoms. The maximum Gasteiger partial charge on any atom is 0.100 e. The van der Waals surface area contributed by atoms with Gasteiger partial charge in [0.05, 0.1) is 6.10 Å². The lowest BCUT2D eigenvalue weighted by molar-refractivity contribution is -0.126. The van der Waals surface area contributed by atoms with Gasteiger partial charge in [0, 0.05) is 0 Å². The van der Waals surface area contributed by atoms with Crippen molar-refractivity contribution in [1.29, 1.82) is 0 Å². The number of hydrogen-bond acceptors (Lipinski definition) is 1. The molecule has 9 atom stereocenters. The second kappa shape index (κ2) is 5.44. The second-order valence-corrected chi connectivity index (χ2v) is 10.00. The molecule has 0 aromatic carbocycles. The smallest absolute Gasteiger partial charge is 0.100 e. The minimum atomic E-state index is -0.537. The topological polar surface area (TPSA) is 20.2 Å². The van der Waals surface area contributed by atoms with E-state index in [2.05, 4.69) is 13.8 Å². The van der Waals surface area contributed by atoms with Crippen LogP contribution < -0.4 is 0 Å². The summed E-state index contributed by atoms with van der Waals surface area (Å²) in [5, 5.41) is 10.3. The lowest BCUT2D eigenvalue weighted by Gasteiger charge is -2.61. The molecule has 4 aliphatic rings. The molecule has 0 aromatic heterocycles. The van der Waals surface area contributed by atoms with Gasteiger partial charge in [-0.25, -0.2) is 4.39 Å². The lowest BCUT2D eigenvalue weighted by atomic mass is 9.44. The standard InChI is InChI=1S/C21H35FO/c1-13(23)17-6-7-18-16-5-4-14-12-15(22)8-10-20(14,2)19(16)9-11-21(17,18)3/h13-19,23H,4-12H2,1-3H3/t13-,14-,15+,16?,17-,18?,19?,20+,21-/m1/s1. The van der Waals surface area contributed by atoms with Crippen molar-refractivity contribution < 1.29 is 9.50 Å². The van der Waals surface area contributed by atoms with E-state index >= 15 is 0 Å². The first-order valence-corrected chi connectivity index (χ1v) is 10.2. The predicted octanol–water partition coefficient (Wildman–Crippen LogP) is 5.36. The van der Waals surface area contributed by atoms with Gasteiger partial charge in [0.1, 0.15) is 6.17 Å². The van der Waals surface area contributed by atoms with Crippen molar-refractivity contribution in [1.82, 2.24) is 0 Å². The summed E-state index contributed by atoms with van der Waals surface area (Å²) < 4.78 is 13.9. The zero-order chi connectivity index (χ0) is 16.4. The van der Waals surface area contributed by atoms with Gasteiger partial charge in [-0.15, -0.1) is 0 Å². The highest BCUT2D eigenvalue weighted by molar-refractivity contribution is 5.09. The van der Waals surface area contributed by atoms with Crippen LogP contribution in [0.2, 0.25) is 0 Å². The number of rotatable bonds is 1. The number of aliphatic hydroxyl groups is 1. The lowest BCUT2D eigenvalue weighted by Crippen LogP contribution is -2.54. The predicted molar refractivity (Wildman–Crippen MR) is 91.8 cm³/mol. The first-order valence-electron chi connectivity index (χ1n) is 10.2. The molecule has 4 aliphatic carbocycles. The molecule has 4 rings (SSSR count). The zero-order valence-electron chi connectivity index (χ0n) is 15.2. The SMILES string of the molecule is C[C@@H](O)[C@H]1CCC2C3CC[C@@H]4C[C@@H](F)CC[C@]4(C)C3CC[C@@]21C. The molecule has 0 bridgehead atoms. The minimum Gasteiger partial charge on any atom is -0.393 e. The summed E-state index contributed by atoms with van der Waals surface area (Å²) in [5.41, 5.74) is 0.756. The van der Waals surface area contributed by atoms with E-state index in [1.807, 2.05) is 6.92 Å². The number of halogens is 1. The zero-order valence-corrected chi connectivity index (χ0v) is 15.2. The summed E-state index contributed by atoms with van der Waals surface area (Å²) in [6.45, 7) is 6.99. The van der Waals surface area contributed by atoms with Crippen molar-refractivity contribution in [3.63, 3.8) is 0 Å². The first-order chi connectivity index (χ1) is 10.9. The van der Waals surface area contributed by atoms with Crippen molar-refractivity contribution >= 4 is 0 Å². The number of hydrogen-bond donors (Lipinski definition) is 1. The van der Waals surface area contributed by atoms with E-state index in [1.165, 1.54) is 38.5 Å². The summed E-state index contributed by atoms with van der Waals surface area (Å²) in [6, 6.07) is 0. The summed E-state index contributed by atoms with van der Waals surface area (Å²) in [6.07, 6.45) is 9.78. The highest BCUT2D eigenvalue weighted by Crippen LogP contribution is 2.67. The molecular formula is C21H35FO. The normalized spacial score (nSPS) is 57.3. The van der Waals surface area contributed by atoms with Gasteiger partial charge in [-0.2, -0.15) is 0 Å². The van der Waals surface area contributed by atoms with Crippen molar-refractivity contribution in [2.24, 2.45) is 40.4 Å². The average molecular weight is 323 g/mol. The van der Waals surface area contributed by atoms with E-state index in [0.717, 1.165) is 37.0 Å². The highest BCUT2D eigenvalue weighted by Gasteiger charge is 2.60. The monoisotopic (exact) mass is 322 g/mol. The van der Waals surface area contributed by atoms with Crippen molar-refractivity contribution in [2.75, 3.05) is 0 Å². The summed E-state index contributed by atoms with van der Waals surface area (Å²) >= 11 is 0. The molecule has 4 fully saturated rings. The van der Waals surface area contributed by atoms with Gasteiger partial charge in [0.2, 0.25) is 0 Å². The highest BCUT2D eigenvalue weighted by atomic mass is 19.1. The van der Waals surface area contributed by atoms with E-state index in [-0.39, 0.29) is 6.10 Å². The van der Waals surface area contributed by atoms with E-state index < -0.39 is 6.17 Å². The Morgan fingerprint density at radius 3 is 2.35 bits per heavy atom. The van der Waals surface area contributed by atoms with Crippen LogP contribution in [0.1, 0.15) is 78.6 Å². The largest absolute Gasteiger partial charge is 0.393 e. The molecule has 0 saturated heterocycles. The summed E-state index contributed by atoms with van der Waals surface area (Å²) in [5.74, 6) is 3.60. The summed E-state index contributed by atoms with van der Waals surface area (Å²) in [4.78, 5) is 0. The van der Waals surface area contributed by atoms with Crippen LogP contribution in [0.15, 0.2) is 0 Å². The molecule has 0 radical (unpaired) electrons. The molecule has 0 amide bonds. The fourth-order valence-corrected chi connectivity index (χ4v) is 8.04. The third-order valence-electron chi connectivity index (χ3n) is 9.26. The molecule has 0 heterocycles. The molecule has 132 valence electrons. The molecule has 1 nitrogen and oxygen atoms in total. The molecule has 23 heavy (non-hydrogen) atoms. The van der Waals surface area contributed by atoms with E-state index in [9.17, 15) is 9.50 Å². The maximum atomic E-state index is 13.9. The third-order valence-corrected chi connectivity index (χ3v) is 9.26. The average Bonchev–Trinajstić information content (AvgIpc) is 2.85. The summed E-state index contributed by atoms with van der Waals surface area (Å²) in [7, 11) is 0. The number of fused-ring (bicyclic) bond motifs is 5. The third kappa shape index (κ3) is 2.26. The molecule has 1 N–H and O–H groups in total. The van der Waals surface area contributed by atoms with Gasteiger partial charge in [-0.1, -0.05) is 13.8 Å². The van der Waals surface area contributed by atoms with Crippen LogP contribution in [0.25, 0.3) is 0 Å². The van der Waals surface area contributed by atoms with Gasteiger partial charge in [-0.3, -0.25) is 0 Å². The van der Waals surface area contributed by atoms with Crippen molar-refractivity contribution in [3.8, 4) is 0 Å². The van der Waals surface area contributed by atoms with Crippen LogP contribution in [0.4, 0.5) is 4.39 Å². The van der Waals surface area contributed by atoms with Gasteiger partial charge in [0.25, 0.3) is 0 Å². The van der Waals surface area contributed by atoms with Crippen molar-refractivity contribution in [3.05, 3.63) is 0 Å². The van der Waals surface area contributed by atoms with Gasteiger partial charge in [0.15, 0.2) is 0 Å². The molecule has 4 saturated carbocycles. The van der Waals surface area contributed by atoms with Crippen LogP contribution in [-0.2, 0) is 0 Å². The molecule has 0 aliphatic heterocycles. The van der Waals surface area contributed by atoms with Crippen molar-refractivity contribution in [2.45, 2.75) is 90.8 Å². The van der Waals surface area contributed by atoms with Crippen LogP contribution >= 0.6 is 0 Å². The fourth-order valence-electron chi connectivity index (χ4n) is 8.04. The molecule has 0 aromatic rings. The minimum absolute atomic E-state index is 0.157. The van der Waals surface area contributed by atoms with Crippen LogP contribution in [0.5, 0.6) is 0 Å². The van der Waals surface area contributed by atoms with E-state index in [4.69, 9.17) is 0 Å². The molecular weight excluding hydrogens is 287 g/mol. The quantitative estimate of drug-likeness (QED) is 0.688. The molecule has 3 unspecified atom stereocenters. The van der Waals surface area contributed by atoms with Gasteiger partial charge >= 0.3 is 0 Å². The Balaban J connectivity index is 1.60. The van der Waals surface area contributed by atoms with Crippen LogP contribution in [0.3, 0.4) is 0 Å². The number of aliphatic hydroxyl groups excluding tert-OH is 1. The van der Waals surface area contributed by atoms with Crippen LogP contribution in [-0.4, -0.2) is 17.4 Å². The van der Waals surface area contributed by atoms with Gasteiger partial charge in [-0.05, 0) is 105 Å². The van der Waals surface area contributed by atoms with Gasteiger partial charge < -0.3 is 5.11 Å². The Labute approximate surface area is 141 Å². The Morgan fingerprint density at radius 1 is 0.913 bits per heavy atom. The van der Waals surface area contributed by atoms with E-state index in [1.54, 1.807) is 0 Å². The Morgan fingerprint density at radius 2 is 1.61 bits per heavy atom. The first kappa shape index (κ1) is 16.4. The number of alkyl halides is 1. The maximum absolute atomic E-state index is 13.9. The Bertz CT molecular complexity index is 463.